The van der Waals surface area contributed by atoms with Crippen LogP contribution in [-0.4, -0.2) is 8.80 Å². The van der Waals surface area contributed by atoms with Gasteiger partial charge in [0.2, 0.25) is 0 Å². The Balaban J connectivity index is 1.32. The first-order valence-corrected chi connectivity index (χ1v) is 16.1. The molecular weight excluding hydrogens is 445 g/mol. The van der Waals surface area contributed by atoms with Crippen molar-refractivity contribution in [1.29, 1.82) is 0 Å². The lowest BCUT2D eigenvalue weighted by molar-refractivity contribution is 0.145. The molecule has 0 amide bonds. The van der Waals surface area contributed by atoms with Gasteiger partial charge in [0, 0.05) is 8.80 Å². The number of rotatable bonds is 11. The molecule has 1 aliphatic heterocycles. The lowest BCUT2D eigenvalue weighted by Crippen LogP contribution is -2.28. The monoisotopic (exact) mass is 486 g/mol. The standard InChI is InChI=1S/C27H42ClF3Si/c1-2-3-6-17-32-18-15-22(16-19-32)21-11-9-20(10-12-21)7-4-5-8-23-13-14-24(28)26(29)25(23)27(30)31/h13-14,20-22,27,32H,2-12,15-19H2,1H3/t20-,21-,22-,32-. The molecular formula is C27H42ClF3Si. The summed E-state index contributed by atoms with van der Waals surface area (Å²) in [6.07, 6.45) is 13.5. The fourth-order valence-electron chi connectivity index (χ4n) is 6.39. The Hall–Kier alpha value is -0.483. The molecule has 1 heterocycles. The molecule has 0 N–H and O–H groups in total. The second-order valence-electron chi connectivity index (χ2n) is 10.5. The van der Waals surface area contributed by atoms with Crippen LogP contribution in [0, 0.1) is 23.6 Å². The van der Waals surface area contributed by atoms with E-state index in [1.165, 1.54) is 70.3 Å². The summed E-state index contributed by atoms with van der Waals surface area (Å²) < 4.78 is 40.5. The average molecular weight is 487 g/mol. The minimum atomic E-state index is -2.81. The number of hydrogen-bond donors (Lipinski definition) is 0. The van der Waals surface area contributed by atoms with Crippen molar-refractivity contribution in [3.63, 3.8) is 0 Å². The van der Waals surface area contributed by atoms with E-state index >= 15 is 0 Å². The molecule has 0 atom stereocenters. The molecule has 2 aliphatic rings. The van der Waals surface area contributed by atoms with Gasteiger partial charge in [-0.25, -0.2) is 13.2 Å². The molecule has 1 aromatic carbocycles. The quantitative estimate of drug-likeness (QED) is 0.215. The molecule has 1 aliphatic carbocycles. The van der Waals surface area contributed by atoms with Crippen LogP contribution in [0.2, 0.25) is 23.2 Å². The maximum absolute atomic E-state index is 14.0. The minimum Gasteiger partial charge on any atom is -0.205 e. The van der Waals surface area contributed by atoms with Gasteiger partial charge in [-0.05, 0) is 55.1 Å². The third kappa shape index (κ3) is 7.51. The summed E-state index contributed by atoms with van der Waals surface area (Å²) in [6.45, 7) is 2.30. The molecule has 0 spiro atoms. The van der Waals surface area contributed by atoms with E-state index < -0.39 is 26.6 Å². The fraction of sp³-hybridized carbons (Fsp3) is 0.778. The van der Waals surface area contributed by atoms with Gasteiger partial charge in [-0.3, -0.25) is 0 Å². The van der Waals surface area contributed by atoms with Gasteiger partial charge in [-0.2, -0.15) is 0 Å². The van der Waals surface area contributed by atoms with Gasteiger partial charge < -0.3 is 0 Å². The first kappa shape index (κ1) is 26.1. The Kier molecular flexibility index (Phi) is 11.0. The van der Waals surface area contributed by atoms with Crippen LogP contribution in [0.4, 0.5) is 13.2 Å². The molecule has 182 valence electrons. The molecule has 3 rings (SSSR count). The van der Waals surface area contributed by atoms with Crippen LogP contribution in [0.1, 0.15) is 102 Å². The first-order chi connectivity index (χ1) is 15.5. The van der Waals surface area contributed by atoms with Crippen LogP contribution in [0.15, 0.2) is 12.1 Å². The Bertz CT molecular complexity index is 680. The van der Waals surface area contributed by atoms with Gasteiger partial charge in [0.1, 0.15) is 0 Å². The Morgan fingerprint density at radius 1 is 0.938 bits per heavy atom. The maximum Gasteiger partial charge on any atom is 0.266 e. The van der Waals surface area contributed by atoms with Crippen LogP contribution in [0.25, 0.3) is 0 Å². The van der Waals surface area contributed by atoms with Crippen LogP contribution in [0.5, 0.6) is 0 Å². The molecule has 32 heavy (non-hydrogen) atoms. The van der Waals surface area contributed by atoms with Crippen molar-refractivity contribution in [3.05, 3.63) is 34.1 Å². The van der Waals surface area contributed by atoms with E-state index in [0.29, 0.717) is 12.0 Å². The summed E-state index contributed by atoms with van der Waals surface area (Å²) in [5.74, 6) is 1.80. The van der Waals surface area contributed by atoms with Crippen molar-refractivity contribution in [1.82, 2.24) is 0 Å². The molecule has 0 nitrogen and oxygen atoms in total. The van der Waals surface area contributed by atoms with Crippen LogP contribution < -0.4 is 0 Å². The van der Waals surface area contributed by atoms with Crippen LogP contribution in [0.3, 0.4) is 0 Å². The SMILES string of the molecule is CCCCC[Si@H]1CC[C@H]([C@H]2CC[C@H](CCCCc3ccc(Cl)c(F)c3C(F)F)CC2)CC1. The molecule has 1 saturated carbocycles. The lowest BCUT2D eigenvalue weighted by Gasteiger charge is -2.37. The third-order valence-corrected chi connectivity index (χ3v) is 12.2. The summed E-state index contributed by atoms with van der Waals surface area (Å²) >= 11 is 5.69. The average Bonchev–Trinajstić information content (AvgIpc) is 2.80. The molecule has 5 heteroatoms. The van der Waals surface area contributed by atoms with Crippen molar-refractivity contribution >= 4 is 20.4 Å². The number of unbranched alkanes of at least 4 members (excludes halogenated alkanes) is 3. The fourth-order valence-corrected chi connectivity index (χ4v) is 10.1. The molecule has 0 radical (unpaired) electrons. The Labute approximate surface area is 200 Å². The van der Waals surface area contributed by atoms with Crippen LogP contribution >= 0.6 is 11.6 Å². The second kappa shape index (κ2) is 13.4. The van der Waals surface area contributed by atoms with Gasteiger partial charge in [0.25, 0.3) is 6.43 Å². The Morgan fingerprint density at radius 3 is 2.28 bits per heavy atom. The first-order valence-electron chi connectivity index (χ1n) is 13.2. The zero-order valence-electron chi connectivity index (χ0n) is 19.9. The van der Waals surface area contributed by atoms with Gasteiger partial charge in [0.15, 0.2) is 5.82 Å². The summed E-state index contributed by atoms with van der Waals surface area (Å²) in [5, 5.41) is -0.215. The van der Waals surface area contributed by atoms with Crippen molar-refractivity contribution in [2.24, 2.45) is 17.8 Å². The zero-order chi connectivity index (χ0) is 22.9. The lowest BCUT2D eigenvalue weighted by atomic mass is 9.73. The summed E-state index contributed by atoms with van der Waals surface area (Å²) in [5.41, 5.74) is -0.0828. The maximum atomic E-state index is 14.0. The van der Waals surface area contributed by atoms with E-state index in [2.05, 4.69) is 6.92 Å². The molecule has 1 saturated heterocycles. The van der Waals surface area contributed by atoms with E-state index in [1.807, 2.05) is 0 Å². The van der Waals surface area contributed by atoms with Crippen molar-refractivity contribution in [2.75, 3.05) is 0 Å². The number of hydrogen-bond acceptors (Lipinski definition) is 0. The molecule has 0 bridgehead atoms. The minimum absolute atomic E-state index is 0.215. The summed E-state index contributed by atoms with van der Waals surface area (Å²) in [6, 6.07) is 7.76. The summed E-state index contributed by atoms with van der Waals surface area (Å²) in [7, 11) is -0.402. The molecule has 2 fully saturated rings. The predicted molar refractivity (Wildman–Crippen MR) is 133 cm³/mol. The van der Waals surface area contributed by atoms with Gasteiger partial charge in [-0.1, -0.05) is 101 Å². The van der Waals surface area contributed by atoms with E-state index in [9.17, 15) is 13.2 Å². The van der Waals surface area contributed by atoms with Gasteiger partial charge >= 0.3 is 0 Å². The molecule has 1 aromatic rings. The molecule has 0 aromatic heterocycles. The highest BCUT2D eigenvalue weighted by atomic mass is 35.5. The predicted octanol–water partition coefficient (Wildman–Crippen LogP) is 9.76. The number of aryl methyl sites for hydroxylation is 1. The van der Waals surface area contributed by atoms with Crippen LogP contribution in [-0.2, 0) is 6.42 Å². The highest BCUT2D eigenvalue weighted by molar-refractivity contribution is 6.58. The van der Waals surface area contributed by atoms with Crippen molar-refractivity contribution in [2.45, 2.75) is 115 Å². The molecule has 0 unspecified atom stereocenters. The largest absolute Gasteiger partial charge is 0.266 e. The third-order valence-electron chi connectivity index (χ3n) is 8.42. The van der Waals surface area contributed by atoms with Crippen molar-refractivity contribution < 1.29 is 13.2 Å². The highest BCUT2D eigenvalue weighted by Crippen LogP contribution is 2.42. The van der Waals surface area contributed by atoms with Gasteiger partial charge in [-0.15, -0.1) is 0 Å². The number of halogens is 4. The van der Waals surface area contributed by atoms with Gasteiger partial charge in [0.05, 0.1) is 10.6 Å². The van der Waals surface area contributed by atoms with Crippen molar-refractivity contribution in [3.8, 4) is 0 Å². The number of benzene rings is 1. The van der Waals surface area contributed by atoms with E-state index in [4.69, 9.17) is 11.6 Å². The highest BCUT2D eigenvalue weighted by Gasteiger charge is 2.31. The topological polar surface area (TPSA) is 0 Å². The Morgan fingerprint density at radius 2 is 1.62 bits per heavy atom. The van der Waals surface area contributed by atoms with E-state index in [1.54, 1.807) is 24.2 Å². The zero-order valence-corrected chi connectivity index (χ0v) is 21.8. The smallest absolute Gasteiger partial charge is 0.205 e. The second-order valence-corrected chi connectivity index (χ2v) is 14.4. The summed E-state index contributed by atoms with van der Waals surface area (Å²) in [4.78, 5) is 0. The normalized spacial score (nSPS) is 26.6. The number of alkyl halides is 2. The van der Waals surface area contributed by atoms with E-state index in [-0.39, 0.29) is 5.02 Å². The van der Waals surface area contributed by atoms with E-state index in [0.717, 1.165) is 30.6 Å².